The highest BCUT2D eigenvalue weighted by molar-refractivity contribution is 7.20. The van der Waals surface area contributed by atoms with Gasteiger partial charge in [-0.05, 0) is 53.9 Å². The predicted octanol–water partition coefficient (Wildman–Crippen LogP) is 5.10. The Bertz CT molecular complexity index is 1090. The summed E-state index contributed by atoms with van der Waals surface area (Å²) in [6.07, 6.45) is 0. The van der Waals surface area contributed by atoms with Crippen molar-refractivity contribution in [2.75, 3.05) is 0 Å². The Labute approximate surface area is 156 Å². The summed E-state index contributed by atoms with van der Waals surface area (Å²) in [5, 5.41) is 9.04. The summed E-state index contributed by atoms with van der Waals surface area (Å²) in [5.74, 6) is -0.394. The predicted molar refractivity (Wildman–Crippen MR) is 95.6 cm³/mol. The van der Waals surface area contributed by atoms with E-state index < -0.39 is 5.97 Å². The number of fused-ring (bicyclic) bond motifs is 1. The molecule has 0 radical (unpaired) electrons. The molecule has 0 fully saturated rings. The van der Waals surface area contributed by atoms with E-state index in [4.69, 9.17) is 20.8 Å². The molecule has 0 atom stereocenters. The lowest BCUT2D eigenvalue weighted by atomic mass is 10.2. The van der Waals surface area contributed by atoms with Crippen LogP contribution in [-0.2, 0) is 11.3 Å². The standard InChI is InChI=1S/C18H10ClFN2O3S/c19-12-3-1-10(2-4-12)17-22-21-16(25-17)9-24-18(23)15-8-11-7-13(20)5-6-14(11)26-15/h1-8H,9H2. The van der Waals surface area contributed by atoms with Crippen LogP contribution in [0.4, 0.5) is 4.39 Å². The van der Waals surface area contributed by atoms with Crippen LogP contribution in [0.5, 0.6) is 0 Å². The first-order valence-corrected chi connectivity index (χ1v) is 8.72. The zero-order valence-electron chi connectivity index (χ0n) is 13.1. The monoisotopic (exact) mass is 388 g/mol. The summed E-state index contributed by atoms with van der Waals surface area (Å²) in [7, 11) is 0. The molecule has 0 saturated carbocycles. The van der Waals surface area contributed by atoms with Gasteiger partial charge in [0.1, 0.15) is 10.7 Å². The van der Waals surface area contributed by atoms with Gasteiger partial charge in [-0.25, -0.2) is 9.18 Å². The third kappa shape index (κ3) is 3.44. The maximum atomic E-state index is 13.2. The molecule has 0 aliphatic rings. The molecule has 0 saturated heterocycles. The molecule has 2 aromatic carbocycles. The topological polar surface area (TPSA) is 65.2 Å². The van der Waals surface area contributed by atoms with Crippen molar-refractivity contribution in [1.29, 1.82) is 0 Å². The summed E-state index contributed by atoms with van der Waals surface area (Å²) < 4.78 is 24.7. The third-order valence-corrected chi connectivity index (χ3v) is 4.91. The van der Waals surface area contributed by atoms with Crippen molar-refractivity contribution in [2.24, 2.45) is 0 Å². The van der Waals surface area contributed by atoms with Gasteiger partial charge in [0.05, 0.1) is 0 Å². The molecule has 0 aliphatic heterocycles. The number of thiophene rings is 1. The van der Waals surface area contributed by atoms with Crippen LogP contribution in [0.2, 0.25) is 5.02 Å². The van der Waals surface area contributed by atoms with Crippen molar-refractivity contribution in [3.05, 3.63) is 70.1 Å². The second-order valence-corrected chi connectivity index (χ2v) is 6.90. The summed E-state index contributed by atoms with van der Waals surface area (Å²) >= 11 is 7.07. The van der Waals surface area contributed by atoms with Crippen molar-refractivity contribution in [2.45, 2.75) is 6.61 Å². The fourth-order valence-corrected chi connectivity index (χ4v) is 3.40. The second-order valence-electron chi connectivity index (χ2n) is 5.38. The van der Waals surface area contributed by atoms with Crippen LogP contribution in [0, 0.1) is 5.82 Å². The van der Waals surface area contributed by atoms with Crippen LogP contribution >= 0.6 is 22.9 Å². The maximum Gasteiger partial charge on any atom is 0.348 e. The number of carbonyl (C=O) groups excluding carboxylic acids is 1. The van der Waals surface area contributed by atoms with E-state index in [2.05, 4.69) is 10.2 Å². The first kappa shape index (κ1) is 16.7. The van der Waals surface area contributed by atoms with Crippen LogP contribution in [0.3, 0.4) is 0 Å². The van der Waals surface area contributed by atoms with Crippen molar-refractivity contribution >= 4 is 39.0 Å². The van der Waals surface area contributed by atoms with Gasteiger partial charge in [0, 0.05) is 15.3 Å². The molecule has 4 aromatic rings. The van der Waals surface area contributed by atoms with Gasteiger partial charge in [0.15, 0.2) is 6.61 Å². The number of hydrogen-bond acceptors (Lipinski definition) is 6. The molecule has 8 heteroatoms. The zero-order valence-corrected chi connectivity index (χ0v) is 14.7. The second kappa shape index (κ2) is 6.86. The largest absolute Gasteiger partial charge is 0.451 e. The van der Waals surface area contributed by atoms with E-state index >= 15 is 0 Å². The van der Waals surface area contributed by atoms with E-state index in [1.807, 2.05) is 0 Å². The lowest BCUT2D eigenvalue weighted by Crippen LogP contribution is -2.03. The van der Waals surface area contributed by atoms with Crippen molar-refractivity contribution in [3.63, 3.8) is 0 Å². The molecule has 4 rings (SSSR count). The van der Waals surface area contributed by atoms with Gasteiger partial charge in [-0.15, -0.1) is 21.5 Å². The van der Waals surface area contributed by atoms with Gasteiger partial charge < -0.3 is 9.15 Å². The van der Waals surface area contributed by atoms with E-state index in [1.165, 1.54) is 23.5 Å². The number of halogens is 2. The molecule has 0 unspecified atom stereocenters. The number of aromatic nitrogens is 2. The molecule has 5 nitrogen and oxygen atoms in total. The number of rotatable bonds is 4. The minimum atomic E-state index is -0.530. The van der Waals surface area contributed by atoms with Crippen LogP contribution in [0.25, 0.3) is 21.5 Å². The molecule has 0 amide bonds. The van der Waals surface area contributed by atoms with E-state index in [1.54, 1.807) is 36.4 Å². The van der Waals surface area contributed by atoms with Crippen molar-refractivity contribution < 1.29 is 18.3 Å². The molecular formula is C18H10ClFN2O3S. The average Bonchev–Trinajstić information content (AvgIpc) is 3.27. The Hall–Kier alpha value is -2.77. The first-order chi connectivity index (χ1) is 12.6. The molecule has 2 heterocycles. The van der Waals surface area contributed by atoms with Gasteiger partial charge in [-0.3, -0.25) is 0 Å². The molecule has 0 spiro atoms. The Kier molecular flexibility index (Phi) is 4.40. The fraction of sp³-hybridized carbons (Fsp3) is 0.0556. The Morgan fingerprint density at radius 1 is 1.15 bits per heavy atom. The van der Waals surface area contributed by atoms with E-state index in [9.17, 15) is 9.18 Å². The maximum absolute atomic E-state index is 13.2. The smallest absolute Gasteiger partial charge is 0.348 e. The van der Waals surface area contributed by atoms with Crippen molar-refractivity contribution in [1.82, 2.24) is 10.2 Å². The fourth-order valence-electron chi connectivity index (χ4n) is 2.33. The Morgan fingerprint density at radius 3 is 2.77 bits per heavy atom. The number of esters is 1. The number of nitrogens with zero attached hydrogens (tertiary/aromatic N) is 2. The van der Waals surface area contributed by atoms with Crippen LogP contribution in [0.1, 0.15) is 15.6 Å². The van der Waals surface area contributed by atoms with Gasteiger partial charge in [-0.2, -0.15) is 0 Å². The summed E-state index contributed by atoms with van der Waals surface area (Å²) in [6, 6.07) is 12.9. The SMILES string of the molecule is O=C(OCc1nnc(-c2ccc(Cl)cc2)o1)c1cc2cc(F)ccc2s1. The summed E-state index contributed by atoms with van der Waals surface area (Å²) in [4.78, 5) is 12.6. The van der Waals surface area contributed by atoms with Gasteiger partial charge in [0.2, 0.25) is 5.89 Å². The Balaban J connectivity index is 1.44. The quantitative estimate of drug-likeness (QED) is 0.455. The minimum Gasteiger partial charge on any atom is -0.451 e. The summed E-state index contributed by atoms with van der Waals surface area (Å²) in [6.45, 7) is -0.151. The number of benzene rings is 2. The number of hydrogen-bond donors (Lipinski definition) is 0. The molecule has 0 aliphatic carbocycles. The first-order valence-electron chi connectivity index (χ1n) is 7.53. The van der Waals surface area contributed by atoms with E-state index in [0.29, 0.717) is 26.7 Å². The average molecular weight is 389 g/mol. The van der Waals surface area contributed by atoms with Crippen LogP contribution in [-0.4, -0.2) is 16.2 Å². The minimum absolute atomic E-state index is 0.151. The van der Waals surface area contributed by atoms with Gasteiger partial charge in [0.25, 0.3) is 5.89 Å². The molecular weight excluding hydrogens is 379 g/mol. The highest BCUT2D eigenvalue weighted by Crippen LogP contribution is 2.27. The molecule has 0 N–H and O–H groups in total. The highest BCUT2D eigenvalue weighted by atomic mass is 35.5. The normalized spacial score (nSPS) is 11.0. The zero-order chi connectivity index (χ0) is 18.1. The van der Waals surface area contributed by atoms with E-state index in [-0.39, 0.29) is 18.3 Å². The lowest BCUT2D eigenvalue weighted by molar-refractivity contribution is 0.0444. The van der Waals surface area contributed by atoms with Crippen LogP contribution in [0.15, 0.2) is 52.9 Å². The number of ether oxygens (including phenoxy) is 1. The lowest BCUT2D eigenvalue weighted by Gasteiger charge is -1.98. The van der Waals surface area contributed by atoms with Gasteiger partial charge in [-0.1, -0.05) is 11.6 Å². The molecule has 2 aromatic heterocycles. The summed E-state index contributed by atoms with van der Waals surface area (Å²) in [5.41, 5.74) is 0.714. The highest BCUT2D eigenvalue weighted by Gasteiger charge is 2.15. The third-order valence-electron chi connectivity index (χ3n) is 3.56. The Morgan fingerprint density at radius 2 is 1.96 bits per heavy atom. The molecule has 26 heavy (non-hydrogen) atoms. The number of carbonyl (C=O) groups is 1. The van der Waals surface area contributed by atoms with E-state index in [0.717, 1.165) is 4.70 Å². The molecule has 130 valence electrons. The van der Waals surface area contributed by atoms with Gasteiger partial charge >= 0.3 is 5.97 Å². The molecule has 0 bridgehead atoms. The van der Waals surface area contributed by atoms with Crippen molar-refractivity contribution in [3.8, 4) is 11.5 Å². The van der Waals surface area contributed by atoms with Crippen LogP contribution < -0.4 is 0 Å².